The maximum atomic E-state index is 4.27. The molecule has 4 aliphatic rings. The van der Waals surface area contributed by atoms with Crippen LogP contribution in [-0.4, -0.2) is 7.85 Å². The Kier molecular flexibility index (Phi) is 4.78. The van der Waals surface area contributed by atoms with Crippen molar-refractivity contribution in [1.29, 1.82) is 0 Å². The molecule has 0 heterocycles. The third-order valence-electron chi connectivity index (χ3n) is 6.18. The fourth-order valence-corrected chi connectivity index (χ4v) is 5.21. The van der Waals surface area contributed by atoms with Crippen LogP contribution < -0.4 is 0 Å². The highest BCUT2D eigenvalue weighted by Crippen LogP contribution is 2.64. The fourth-order valence-electron chi connectivity index (χ4n) is 5.21. The highest BCUT2D eigenvalue weighted by Gasteiger charge is 2.51. The minimum absolute atomic E-state index is 0.141. The molecule has 0 fully saturated rings. The van der Waals surface area contributed by atoms with Gasteiger partial charge in [-0.25, -0.2) is 0 Å². The van der Waals surface area contributed by atoms with Gasteiger partial charge in [0.2, 0.25) is 0 Å². The normalized spacial score (nSPS) is 27.8. The Morgan fingerprint density at radius 2 is 2.07 bits per heavy atom. The topological polar surface area (TPSA) is 0 Å². The van der Waals surface area contributed by atoms with E-state index in [4.69, 9.17) is 0 Å². The van der Waals surface area contributed by atoms with Crippen LogP contribution in [0.4, 0.5) is 0 Å². The van der Waals surface area contributed by atoms with Gasteiger partial charge in [0.25, 0.3) is 0 Å². The Labute approximate surface area is 164 Å². The van der Waals surface area contributed by atoms with Gasteiger partial charge in [-0.2, -0.15) is 0 Å². The zero-order valence-corrected chi connectivity index (χ0v) is 16.5. The second-order valence-corrected chi connectivity index (χ2v) is 7.45. The molecular formula is C26H27B. The first-order chi connectivity index (χ1) is 13.3. The number of hydrogen-bond acceptors (Lipinski definition) is 0. The van der Waals surface area contributed by atoms with Crippen LogP contribution in [0.1, 0.15) is 26.2 Å². The highest BCUT2D eigenvalue weighted by molar-refractivity contribution is 6.11. The Morgan fingerprint density at radius 3 is 2.85 bits per heavy atom. The van der Waals surface area contributed by atoms with Gasteiger partial charge in [0, 0.05) is 0 Å². The van der Waals surface area contributed by atoms with Gasteiger partial charge in [-0.1, -0.05) is 85.8 Å². The summed E-state index contributed by atoms with van der Waals surface area (Å²) in [6.07, 6.45) is 31.2. The van der Waals surface area contributed by atoms with Crippen molar-refractivity contribution in [3.05, 3.63) is 119 Å². The summed E-state index contributed by atoms with van der Waals surface area (Å²) < 4.78 is 0. The van der Waals surface area contributed by atoms with Crippen LogP contribution in [0.2, 0.25) is 6.32 Å². The van der Waals surface area contributed by atoms with E-state index in [-0.39, 0.29) is 5.41 Å². The second kappa shape index (κ2) is 7.23. The predicted octanol–water partition coefficient (Wildman–Crippen LogP) is 6.05. The van der Waals surface area contributed by atoms with Crippen LogP contribution >= 0.6 is 0 Å². The van der Waals surface area contributed by atoms with Crippen molar-refractivity contribution in [3.8, 4) is 0 Å². The lowest BCUT2D eigenvalue weighted by Gasteiger charge is -2.35. The molecule has 134 valence electrons. The summed E-state index contributed by atoms with van der Waals surface area (Å²) in [5.74, 6) is 0. The molecule has 0 N–H and O–H groups in total. The lowest BCUT2D eigenvalue weighted by Crippen LogP contribution is -2.25. The van der Waals surface area contributed by atoms with Crippen molar-refractivity contribution in [2.24, 2.45) is 5.41 Å². The van der Waals surface area contributed by atoms with Gasteiger partial charge in [-0.15, -0.1) is 0 Å². The van der Waals surface area contributed by atoms with Crippen LogP contribution in [-0.2, 0) is 0 Å². The molecule has 0 nitrogen and oxygen atoms in total. The molecule has 4 rings (SSSR count). The molecule has 1 atom stereocenters. The Balaban J connectivity index is 2.02. The SMILES string of the molecule is BCC1=C(C=C)C2(C(/C=C\C=C/C)=CC3=C2C=CC3)C2=C1C=C/C=C\CC2. The standard InChI is InChI=1S/C26H27B/c1-3-5-8-13-20-17-19-12-11-16-24(19)26(20)23(4-2)22(18-27)21-14-9-6-7-10-15-25(21)26/h3-9,11,13-14,16-17H,2,10,12,15,18,27H2,1H3/b5-3-,7-6-,13-8-,14-9?. The molecule has 1 unspecified atom stereocenters. The third kappa shape index (κ3) is 2.52. The molecule has 4 aliphatic carbocycles. The lowest BCUT2D eigenvalue weighted by molar-refractivity contribution is 0.638. The molecule has 0 saturated carbocycles. The van der Waals surface area contributed by atoms with Crippen LogP contribution in [0.5, 0.6) is 0 Å². The van der Waals surface area contributed by atoms with E-state index in [1.807, 2.05) is 0 Å². The molecule has 0 aromatic rings. The van der Waals surface area contributed by atoms with Gasteiger partial charge in [0.1, 0.15) is 7.85 Å². The number of hydrogen-bond donors (Lipinski definition) is 0. The fraction of sp³-hybridized carbons (Fsp3) is 0.231. The minimum Gasteiger partial charge on any atom is -0.0987 e. The molecule has 0 radical (unpaired) electrons. The van der Waals surface area contributed by atoms with Crippen molar-refractivity contribution < 1.29 is 0 Å². The first-order valence-electron chi connectivity index (χ1n) is 10.1. The zero-order valence-electron chi connectivity index (χ0n) is 16.5. The Hall–Kier alpha value is -2.54. The van der Waals surface area contributed by atoms with Gasteiger partial charge >= 0.3 is 0 Å². The van der Waals surface area contributed by atoms with E-state index in [2.05, 4.69) is 94.3 Å². The molecule has 0 aromatic carbocycles. The number of allylic oxidation sites excluding steroid dienone is 19. The van der Waals surface area contributed by atoms with Crippen molar-refractivity contribution in [2.75, 3.05) is 0 Å². The number of fused-ring (bicyclic) bond motifs is 2. The maximum absolute atomic E-state index is 4.27. The predicted molar refractivity (Wildman–Crippen MR) is 120 cm³/mol. The maximum Gasteiger partial charge on any atom is 0.107 e. The van der Waals surface area contributed by atoms with Gasteiger partial charge in [0.05, 0.1) is 5.41 Å². The molecule has 27 heavy (non-hydrogen) atoms. The molecule has 0 amide bonds. The van der Waals surface area contributed by atoms with Gasteiger partial charge in [-0.05, 0) is 65.2 Å². The van der Waals surface area contributed by atoms with E-state index in [9.17, 15) is 0 Å². The number of rotatable bonds is 4. The van der Waals surface area contributed by atoms with E-state index >= 15 is 0 Å². The molecule has 0 aromatic heterocycles. The van der Waals surface area contributed by atoms with E-state index in [0.717, 1.165) is 25.6 Å². The van der Waals surface area contributed by atoms with Gasteiger partial charge in [0.15, 0.2) is 0 Å². The smallest absolute Gasteiger partial charge is 0.0987 e. The average molecular weight is 350 g/mol. The largest absolute Gasteiger partial charge is 0.107 e. The van der Waals surface area contributed by atoms with Crippen molar-refractivity contribution >= 4 is 7.85 Å². The van der Waals surface area contributed by atoms with E-state index in [0.29, 0.717) is 0 Å². The highest BCUT2D eigenvalue weighted by atomic mass is 14.5. The Bertz CT molecular complexity index is 950. The third-order valence-corrected chi connectivity index (χ3v) is 6.18. The second-order valence-electron chi connectivity index (χ2n) is 7.45. The van der Waals surface area contributed by atoms with E-state index < -0.39 is 0 Å². The van der Waals surface area contributed by atoms with Crippen molar-refractivity contribution in [2.45, 2.75) is 32.5 Å². The van der Waals surface area contributed by atoms with Gasteiger partial charge in [-0.3, -0.25) is 0 Å². The zero-order chi connectivity index (χ0) is 18.9. The first kappa shape index (κ1) is 17.9. The molecule has 1 spiro atoms. The quantitative estimate of drug-likeness (QED) is 0.427. The van der Waals surface area contributed by atoms with Crippen LogP contribution in [0.3, 0.4) is 0 Å². The van der Waals surface area contributed by atoms with Crippen LogP contribution in [0, 0.1) is 5.41 Å². The summed E-state index contributed by atoms with van der Waals surface area (Å²) in [5.41, 5.74) is 10.1. The van der Waals surface area contributed by atoms with E-state index in [1.165, 1.54) is 33.4 Å². The molecular weight excluding hydrogens is 323 g/mol. The summed E-state index contributed by atoms with van der Waals surface area (Å²) in [4.78, 5) is 0. The summed E-state index contributed by atoms with van der Waals surface area (Å²) >= 11 is 0. The first-order valence-corrected chi connectivity index (χ1v) is 10.1. The summed E-state index contributed by atoms with van der Waals surface area (Å²) in [5, 5.41) is 0. The van der Waals surface area contributed by atoms with Crippen molar-refractivity contribution in [1.82, 2.24) is 0 Å². The lowest BCUT2D eigenvalue weighted by atomic mass is 9.66. The van der Waals surface area contributed by atoms with E-state index in [1.54, 1.807) is 5.57 Å². The van der Waals surface area contributed by atoms with Crippen LogP contribution in [0.15, 0.2) is 119 Å². The summed E-state index contributed by atoms with van der Waals surface area (Å²) in [6.45, 7) is 6.34. The molecule has 0 aliphatic heterocycles. The minimum atomic E-state index is -0.141. The summed E-state index contributed by atoms with van der Waals surface area (Å²) in [7, 11) is 2.28. The van der Waals surface area contributed by atoms with Gasteiger partial charge < -0.3 is 0 Å². The molecule has 0 saturated heterocycles. The van der Waals surface area contributed by atoms with Crippen LogP contribution in [0.25, 0.3) is 0 Å². The summed E-state index contributed by atoms with van der Waals surface area (Å²) in [6, 6.07) is 0. The van der Waals surface area contributed by atoms with Crippen molar-refractivity contribution in [3.63, 3.8) is 0 Å². The monoisotopic (exact) mass is 350 g/mol. The molecule has 1 heteroatoms. The average Bonchev–Trinajstić information content (AvgIpc) is 3.29. The Morgan fingerprint density at radius 1 is 1.19 bits per heavy atom. The molecule has 0 bridgehead atoms.